The maximum Gasteiger partial charge on any atom is 0.334 e. The Morgan fingerprint density at radius 2 is 2.56 bits per heavy atom. The van der Waals surface area contributed by atoms with Gasteiger partial charge < -0.3 is 4.74 Å². The Kier molecular flexibility index (Phi) is 1.68. The minimum absolute atomic E-state index is 0.222. The van der Waals surface area contributed by atoms with E-state index in [0.29, 0.717) is 6.42 Å². The van der Waals surface area contributed by atoms with E-state index in [0.717, 1.165) is 5.57 Å². The summed E-state index contributed by atoms with van der Waals surface area (Å²) in [5.41, 5.74) is 0.734. The number of allylic oxidation sites excluding steroid dienone is 3. The minimum Gasteiger partial charge on any atom is -0.466 e. The second-order valence-corrected chi connectivity index (χ2v) is 1.82. The van der Waals surface area contributed by atoms with E-state index in [1.54, 1.807) is 6.08 Å². The standard InChI is InChI=1S/C7H8O2/c1-9-7(8)6-4-2-3-5-6/h2-4H,5H2,1H3. The van der Waals surface area contributed by atoms with Gasteiger partial charge in [-0.3, -0.25) is 0 Å². The molecule has 0 atom stereocenters. The van der Waals surface area contributed by atoms with Crippen molar-refractivity contribution in [1.29, 1.82) is 0 Å². The number of hydrogen-bond acceptors (Lipinski definition) is 2. The first-order chi connectivity index (χ1) is 4.34. The Labute approximate surface area is 53.8 Å². The third-order valence-corrected chi connectivity index (χ3v) is 1.22. The molecule has 0 aliphatic heterocycles. The summed E-state index contributed by atoms with van der Waals surface area (Å²) in [7, 11) is 1.39. The fourth-order valence-corrected chi connectivity index (χ4v) is 0.730. The zero-order valence-corrected chi connectivity index (χ0v) is 5.26. The van der Waals surface area contributed by atoms with Crippen molar-refractivity contribution in [3.05, 3.63) is 23.8 Å². The van der Waals surface area contributed by atoms with Crippen LogP contribution in [0.3, 0.4) is 0 Å². The fourth-order valence-electron chi connectivity index (χ4n) is 0.730. The smallest absolute Gasteiger partial charge is 0.334 e. The molecule has 0 bridgehead atoms. The lowest BCUT2D eigenvalue weighted by Crippen LogP contribution is -2.01. The fraction of sp³-hybridized carbons (Fsp3) is 0.286. The molecule has 1 aliphatic carbocycles. The van der Waals surface area contributed by atoms with Gasteiger partial charge in [0.25, 0.3) is 0 Å². The van der Waals surface area contributed by atoms with Crippen LogP contribution in [0.25, 0.3) is 0 Å². The van der Waals surface area contributed by atoms with Crippen LogP contribution in [0.15, 0.2) is 23.8 Å². The molecule has 0 aromatic carbocycles. The Morgan fingerprint density at radius 1 is 1.78 bits per heavy atom. The number of rotatable bonds is 1. The number of methoxy groups -OCH3 is 1. The molecular formula is C7H8O2. The van der Waals surface area contributed by atoms with E-state index in [-0.39, 0.29) is 5.97 Å². The highest BCUT2D eigenvalue weighted by Gasteiger charge is 2.08. The van der Waals surface area contributed by atoms with E-state index < -0.39 is 0 Å². The molecule has 0 heterocycles. The topological polar surface area (TPSA) is 26.3 Å². The minimum atomic E-state index is -0.222. The molecule has 9 heavy (non-hydrogen) atoms. The van der Waals surface area contributed by atoms with Crippen molar-refractivity contribution in [2.45, 2.75) is 6.42 Å². The van der Waals surface area contributed by atoms with Gasteiger partial charge in [0.15, 0.2) is 0 Å². The van der Waals surface area contributed by atoms with Gasteiger partial charge in [0.2, 0.25) is 0 Å². The van der Waals surface area contributed by atoms with E-state index in [4.69, 9.17) is 0 Å². The molecule has 1 rings (SSSR count). The molecule has 0 aromatic rings. The van der Waals surface area contributed by atoms with Crippen LogP contribution in [0.5, 0.6) is 0 Å². The first-order valence-corrected chi connectivity index (χ1v) is 2.78. The molecule has 2 nitrogen and oxygen atoms in total. The van der Waals surface area contributed by atoms with Crippen molar-refractivity contribution in [3.63, 3.8) is 0 Å². The van der Waals surface area contributed by atoms with Crippen molar-refractivity contribution in [2.24, 2.45) is 0 Å². The summed E-state index contributed by atoms with van der Waals surface area (Å²) in [6.07, 6.45) is 6.26. The van der Waals surface area contributed by atoms with E-state index in [1.165, 1.54) is 7.11 Å². The number of esters is 1. The predicted octanol–water partition coefficient (Wildman–Crippen LogP) is 1.05. The summed E-state index contributed by atoms with van der Waals surface area (Å²) in [5.74, 6) is -0.222. The first kappa shape index (κ1) is 6.08. The highest BCUT2D eigenvalue weighted by atomic mass is 16.5. The van der Waals surface area contributed by atoms with E-state index >= 15 is 0 Å². The van der Waals surface area contributed by atoms with Crippen molar-refractivity contribution >= 4 is 5.97 Å². The van der Waals surface area contributed by atoms with Gasteiger partial charge in [-0.15, -0.1) is 0 Å². The average molecular weight is 124 g/mol. The molecule has 0 saturated heterocycles. The zero-order valence-electron chi connectivity index (χ0n) is 5.26. The highest BCUT2D eigenvalue weighted by Crippen LogP contribution is 2.10. The summed E-state index contributed by atoms with van der Waals surface area (Å²) in [6.45, 7) is 0. The summed E-state index contributed by atoms with van der Waals surface area (Å²) in [6, 6.07) is 0. The van der Waals surface area contributed by atoms with E-state index in [2.05, 4.69) is 4.74 Å². The molecule has 0 spiro atoms. The SMILES string of the molecule is COC(=O)C1=CC=CC1. The van der Waals surface area contributed by atoms with Crippen LogP contribution in [0.4, 0.5) is 0 Å². The first-order valence-electron chi connectivity index (χ1n) is 2.78. The Bertz CT molecular complexity index is 177. The van der Waals surface area contributed by atoms with Gasteiger partial charge in [0.1, 0.15) is 0 Å². The van der Waals surface area contributed by atoms with Gasteiger partial charge in [0, 0.05) is 5.57 Å². The maximum atomic E-state index is 10.7. The molecule has 0 saturated carbocycles. The quantitative estimate of drug-likeness (QED) is 0.488. The number of ether oxygens (including phenoxy) is 1. The predicted molar refractivity (Wildman–Crippen MR) is 33.9 cm³/mol. The Balaban J connectivity index is 2.55. The summed E-state index contributed by atoms with van der Waals surface area (Å²) >= 11 is 0. The zero-order chi connectivity index (χ0) is 6.69. The average Bonchev–Trinajstić information content (AvgIpc) is 2.37. The third-order valence-electron chi connectivity index (χ3n) is 1.22. The lowest BCUT2D eigenvalue weighted by Gasteiger charge is -1.95. The summed E-state index contributed by atoms with van der Waals surface area (Å²) in [4.78, 5) is 10.7. The van der Waals surface area contributed by atoms with Gasteiger partial charge >= 0.3 is 5.97 Å². The van der Waals surface area contributed by atoms with Gasteiger partial charge in [-0.2, -0.15) is 0 Å². The summed E-state index contributed by atoms with van der Waals surface area (Å²) < 4.78 is 4.49. The van der Waals surface area contributed by atoms with Crippen molar-refractivity contribution in [2.75, 3.05) is 7.11 Å². The van der Waals surface area contributed by atoms with Crippen LogP contribution in [0.2, 0.25) is 0 Å². The molecule has 0 N–H and O–H groups in total. The van der Waals surface area contributed by atoms with Gasteiger partial charge in [-0.05, 0) is 6.42 Å². The molecule has 0 unspecified atom stereocenters. The number of carbonyl (C=O) groups is 1. The molecule has 0 aromatic heterocycles. The molecule has 0 amide bonds. The van der Waals surface area contributed by atoms with Crippen molar-refractivity contribution in [3.8, 4) is 0 Å². The molecule has 1 aliphatic rings. The third kappa shape index (κ3) is 1.19. The lowest BCUT2D eigenvalue weighted by molar-refractivity contribution is -0.136. The second-order valence-electron chi connectivity index (χ2n) is 1.82. The monoisotopic (exact) mass is 124 g/mol. The Morgan fingerprint density at radius 3 is 3.00 bits per heavy atom. The van der Waals surface area contributed by atoms with Gasteiger partial charge in [-0.25, -0.2) is 4.79 Å². The normalized spacial score (nSPS) is 15.4. The van der Waals surface area contributed by atoms with Gasteiger partial charge in [0.05, 0.1) is 7.11 Å². The van der Waals surface area contributed by atoms with Gasteiger partial charge in [-0.1, -0.05) is 18.2 Å². The molecular weight excluding hydrogens is 116 g/mol. The lowest BCUT2D eigenvalue weighted by atomic mass is 10.2. The number of carbonyl (C=O) groups excluding carboxylic acids is 1. The maximum absolute atomic E-state index is 10.7. The number of hydrogen-bond donors (Lipinski definition) is 0. The molecule has 0 fully saturated rings. The van der Waals surface area contributed by atoms with Crippen LogP contribution in [0, 0.1) is 0 Å². The second kappa shape index (κ2) is 2.49. The Hall–Kier alpha value is -1.05. The van der Waals surface area contributed by atoms with Crippen LogP contribution < -0.4 is 0 Å². The largest absolute Gasteiger partial charge is 0.466 e. The van der Waals surface area contributed by atoms with E-state index in [9.17, 15) is 4.79 Å². The van der Waals surface area contributed by atoms with Crippen LogP contribution >= 0.6 is 0 Å². The van der Waals surface area contributed by atoms with Crippen molar-refractivity contribution in [1.82, 2.24) is 0 Å². The van der Waals surface area contributed by atoms with Crippen LogP contribution in [-0.2, 0) is 9.53 Å². The van der Waals surface area contributed by atoms with Crippen LogP contribution in [-0.4, -0.2) is 13.1 Å². The molecule has 2 heteroatoms. The van der Waals surface area contributed by atoms with E-state index in [1.807, 2.05) is 12.2 Å². The van der Waals surface area contributed by atoms with Crippen molar-refractivity contribution < 1.29 is 9.53 Å². The molecule has 0 radical (unpaired) electrons. The molecule has 48 valence electrons. The van der Waals surface area contributed by atoms with Crippen LogP contribution in [0.1, 0.15) is 6.42 Å². The summed E-state index contributed by atoms with van der Waals surface area (Å²) in [5, 5.41) is 0. The highest BCUT2D eigenvalue weighted by molar-refractivity contribution is 5.89.